The highest BCUT2D eigenvalue weighted by Crippen LogP contribution is 2.21. The first-order valence-electron chi connectivity index (χ1n) is 7.80. The van der Waals surface area contributed by atoms with Crippen molar-refractivity contribution < 1.29 is 9.59 Å². The molecule has 0 aliphatic carbocycles. The molecule has 8 heteroatoms. The molecule has 1 aromatic rings. The van der Waals surface area contributed by atoms with E-state index in [-0.39, 0.29) is 24.3 Å². The summed E-state index contributed by atoms with van der Waals surface area (Å²) in [6.45, 7) is 5.32. The summed E-state index contributed by atoms with van der Waals surface area (Å²) in [6.07, 6.45) is 5.60. The van der Waals surface area contributed by atoms with Crippen LogP contribution in [-0.4, -0.2) is 50.5 Å². The summed E-state index contributed by atoms with van der Waals surface area (Å²) >= 11 is 0. The molecule has 0 unspecified atom stereocenters. The summed E-state index contributed by atoms with van der Waals surface area (Å²) in [4.78, 5) is 25.3. The van der Waals surface area contributed by atoms with Crippen molar-refractivity contribution in [2.45, 2.75) is 39.2 Å². The summed E-state index contributed by atoms with van der Waals surface area (Å²) in [6, 6.07) is 0.270. The zero-order chi connectivity index (χ0) is 16.4. The van der Waals surface area contributed by atoms with Gasteiger partial charge in [-0.15, -0.1) is 5.10 Å². The molecule has 0 fully saturated rings. The minimum absolute atomic E-state index is 0.0678. The topological polar surface area (TPSA) is 92.5 Å². The van der Waals surface area contributed by atoms with E-state index in [1.807, 2.05) is 10.9 Å². The van der Waals surface area contributed by atoms with E-state index >= 15 is 0 Å². The molecule has 0 atom stereocenters. The van der Waals surface area contributed by atoms with Crippen LogP contribution in [0, 0.1) is 0 Å². The SMILES string of the molecule is CC(C)n1cc(C2=CCCN(C(=O)C3=NNC(=O)C3)CC2)nn1. The van der Waals surface area contributed by atoms with Crippen molar-refractivity contribution in [3.05, 3.63) is 18.0 Å². The van der Waals surface area contributed by atoms with E-state index in [0.29, 0.717) is 18.8 Å². The molecule has 3 rings (SSSR count). The summed E-state index contributed by atoms with van der Waals surface area (Å²) in [5.41, 5.74) is 4.59. The highest BCUT2D eigenvalue weighted by Gasteiger charge is 2.27. The molecule has 122 valence electrons. The van der Waals surface area contributed by atoms with Gasteiger partial charge in [-0.2, -0.15) is 5.10 Å². The van der Waals surface area contributed by atoms with Crippen molar-refractivity contribution in [1.82, 2.24) is 25.3 Å². The Morgan fingerprint density at radius 2 is 2.17 bits per heavy atom. The quantitative estimate of drug-likeness (QED) is 0.890. The van der Waals surface area contributed by atoms with E-state index < -0.39 is 0 Å². The average molecular weight is 316 g/mol. The van der Waals surface area contributed by atoms with Gasteiger partial charge < -0.3 is 4.90 Å². The minimum atomic E-state index is -0.229. The monoisotopic (exact) mass is 316 g/mol. The first-order valence-corrected chi connectivity index (χ1v) is 7.80. The van der Waals surface area contributed by atoms with Crippen LogP contribution in [0.2, 0.25) is 0 Å². The van der Waals surface area contributed by atoms with Crippen molar-refractivity contribution in [3.8, 4) is 0 Å². The van der Waals surface area contributed by atoms with Crippen LogP contribution >= 0.6 is 0 Å². The molecule has 1 N–H and O–H groups in total. The molecule has 2 aliphatic rings. The van der Waals surface area contributed by atoms with Gasteiger partial charge in [0.25, 0.3) is 5.91 Å². The van der Waals surface area contributed by atoms with Crippen LogP contribution in [0.15, 0.2) is 17.4 Å². The second-order valence-corrected chi connectivity index (χ2v) is 6.01. The van der Waals surface area contributed by atoms with Gasteiger partial charge in [-0.1, -0.05) is 11.3 Å². The first kappa shape index (κ1) is 15.4. The Kier molecular flexibility index (Phi) is 4.22. The average Bonchev–Trinajstić information content (AvgIpc) is 3.11. The van der Waals surface area contributed by atoms with Gasteiger partial charge in [0.1, 0.15) is 11.4 Å². The normalized spacial score (nSPS) is 18.6. The number of hydrogen-bond acceptors (Lipinski definition) is 5. The Bertz CT molecular complexity index is 688. The summed E-state index contributed by atoms with van der Waals surface area (Å²) in [5, 5.41) is 12.2. The molecule has 0 aromatic carbocycles. The number of carbonyl (C=O) groups excluding carboxylic acids is 2. The maximum atomic E-state index is 12.4. The molecule has 0 radical (unpaired) electrons. The Morgan fingerprint density at radius 1 is 1.35 bits per heavy atom. The second kappa shape index (κ2) is 6.31. The molecule has 0 saturated carbocycles. The van der Waals surface area contributed by atoms with Gasteiger partial charge in [-0.25, -0.2) is 10.1 Å². The third-order valence-electron chi connectivity index (χ3n) is 3.99. The summed E-state index contributed by atoms with van der Waals surface area (Å²) in [5.74, 6) is -0.392. The Hall–Kier alpha value is -2.51. The minimum Gasteiger partial charge on any atom is -0.337 e. The lowest BCUT2D eigenvalue weighted by atomic mass is 10.1. The number of amides is 2. The molecule has 8 nitrogen and oxygen atoms in total. The van der Waals surface area contributed by atoms with E-state index in [9.17, 15) is 9.59 Å². The molecular formula is C15H20N6O2. The highest BCUT2D eigenvalue weighted by molar-refractivity contribution is 6.43. The predicted octanol–water partition coefficient (Wildman–Crippen LogP) is 0.741. The van der Waals surface area contributed by atoms with Gasteiger partial charge in [0.05, 0.1) is 12.6 Å². The molecule has 1 aromatic heterocycles. The van der Waals surface area contributed by atoms with Gasteiger partial charge >= 0.3 is 0 Å². The van der Waals surface area contributed by atoms with Crippen molar-refractivity contribution >= 4 is 23.1 Å². The summed E-state index contributed by atoms with van der Waals surface area (Å²) < 4.78 is 1.83. The van der Waals surface area contributed by atoms with Crippen LogP contribution in [0.5, 0.6) is 0 Å². The molecule has 0 spiro atoms. The summed E-state index contributed by atoms with van der Waals surface area (Å²) in [7, 11) is 0. The van der Waals surface area contributed by atoms with E-state index in [4.69, 9.17) is 0 Å². The Morgan fingerprint density at radius 3 is 2.83 bits per heavy atom. The van der Waals surface area contributed by atoms with Crippen LogP contribution in [0.3, 0.4) is 0 Å². The third-order valence-corrected chi connectivity index (χ3v) is 3.99. The molecule has 0 saturated heterocycles. The lowest BCUT2D eigenvalue weighted by Crippen LogP contribution is -2.37. The number of carbonyl (C=O) groups is 2. The number of aromatic nitrogens is 3. The molecule has 2 aliphatic heterocycles. The lowest BCUT2D eigenvalue weighted by molar-refractivity contribution is -0.124. The van der Waals surface area contributed by atoms with Crippen LogP contribution in [0.1, 0.15) is 44.8 Å². The standard InChI is InChI=1S/C15H20N6O2/c1-10(2)21-9-13(17-19-21)11-4-3-6-20(7-5-11)15(23)12-8-14(22)18-16-12/h4,9-10H,3,5-8H2,1-2H3,(H,18,22). The van der Waals surface area contributed by atoms with Crippen molar-refractivity contribution in [1.29, 1.82) is 0 Å². The maximum Gasteiger partial charge on any atom is 0.270 e. The Labute approximate surface area is 134 Å². The van der Waals surface area contributed by atoms with Gasteiger partial charge in [-0.05, 0) is 32.3 Å². The van der Waals surface area contributed by atoms with E-state index in [1.54, 1.807) is 4.90 Å². The van der Waals surface area contributed by atoms with Crippen LogP contribution in [0.4, 0.5) is 0 Å². The highest BCUT2D eigenvalue weighted by atomic mass is 16.2. The lowest BCUT2D eigenvalue weighted by Gasteiger charge is -2.19. The zero-order valence-electron chi connectivity index (χ0n) is 13.3. The van der Waals surface area contributed by atoms with Gasteiger partial charge in [0, 0.05) is 19.1 Å². The number of hydrazone groups is 1. The van der Waals surface area contributed by atoms with Gasteiger partial charge in [0.15, 0.2) is 0 Å². The molecular weight excluding hydrogens is 296 g/mol. The van der Waals surface area contributed by atoms with Crippen LogP contribution in [-0.2, 0) is 9.59 Å². The molecule has 2 amide bonds. The number of nitrogens with zero attached hydrogens (tertiary/aromatic N) is 5. The van der Waals surface area contributed by atoms with Crippen molar-refractivity contribution in [2.75, 3.05) is 13.1 Å². The van der Waals surface area contributed by atoms with Crippen LogP contribution < -0.4 is 5.43 Å². The smallest absolute Gasteiger partial charge is 0.270 e. The van der Waals surface area contributed by atoms with Gasteiger partial charge in [0.2, 0.25) is 5.91 Å². The molecule has 23 heavy (non-hydrogen) atoms. The van der Waals surface area contributed by atoms with E-state index in [1.165, 1.54) is 0 Å². The predicted molar refractivity (Wildman–Crippen MR) is 84.4 cm³/mol. The van der Waals surface area contributed by atoms with Crippen LogP contribution in [0.25, 0.3) is 5.57 Å². The zero-order valence-corrected chi connectivity index (χ0v) is 13.3. The first-order chi connectivity index (χ1) is 11.0. The van der Waals surface area contributed by atoms with Gasteiger partial charge in [-0.3, -0.25) is 9.59 Å². The largest absolute Gasteiger partial charge is 0.337 e. The fourth-order valence-electron chi connectivity index (χ4n) is 2.64. The fourth-order valence-corrected chi connectivity index (χ4v) is 2.64. The fraction of sp³-hybridized carbons (Fsp3) is 0.533. The number of rotatable bonds is 3. The maximum absolute atomic E-state index is 12.4. The van der Waals surface area contributed by atoms with Crippen molar-refractivity contribution in [2.24, 2.45) is 5.10 Å². The van der Waals surface area contributed by atoms with Crippen molar-refractivity contribution in [3.63, 3.8) is 0 Å². The third kappa shape index (κ3) is 3.30. The molecule has 3 heterocycles. The number of nitrogens with one attached hydrogen (secondary N) is 1. The number of hydrogen-bond donors (Lipinski definition) is 1. The Balaban J connectivity index is 1.65. The second-order valence-electron chi connectivity index (χ2n) is 6.01. The molecule has 0 bridgehead atoms. The van der Waals surface area contributed by atoms with E-state index in [2.05, 4.69) is 40.8 Å². The van der Waals surface area contributed by atoms with E-state index in [0.717, 1.165) is 24.1 Å².